The first-order valence-electron chi connectivity index (χ1n) is 7.68. The van der Waals surface area contributed by atoms with Gasteiger partial charge >= 0.3 is 6.01 Å². The molecule has 0 saturated heterocycles. The third-order valence-corrected chi connectivity index (χ3v) is 3.48. The molecular weight excluding hydrogens is 254 g/mol. The van der Waals surface area contributed by atoms with Crippen molar-refractivity contribution in [1.82, 2.24) is 15.0 Å². The Bertz CT molecular complexity index is 409. The molecule has 1 heterocycles. The van der Waals surface area contributed by atoms with Crippen LogP contribution in [0.5, 0.6) is 6.01 Å². The predicted molar refractivity (Wildman–Crippen MR) is 80.2 cm³/mol. The van der Waals surface area contributed by atoms with Crippen molar-refractivity contribution in [2.24, 2.45) is 5.92 Å². The molecule has 0 radical (unpaired) electrons. The maximum atomic E-state index is 5.38. The SMILES string of the molecule is CCCNc1nc(NCCC2CCC2)nc(OCC)n1. The van der Waals surface area contributed by atoms with Crippen LogP contribution in [0.3, 0.4) is 0 Å². The topological polar surface area (TPSA) is 72.0 Å². The highest BCUT2D eigenvalue weighted by atomic mass is 16.5. The van der Waals surface area contributed by atoms with Crippen LogP contribution in [0.1, 0.15) is 46.0 Å². The van der Waals surface area contributed by atoms with Crippen LogP contribution in [0.25, 0.3) is 0 Å². The number of hydrogen-bond donors (Lipinski definition) is 2. The van der Waals surface area contributed by atoms with Gasteiger partial charge in [0.25, 0.3) is 0 Å². The summed E-state index contributed by atoms with van der Waals surface area (Å²) in [7, 11) is 0. The summed E-state index contributed by atoms with van der Waals surface area (Å²) in [6, 6.07) is 0.382. The molecule has 1 saturated carbocycles. The van der Waals surface area contributed by atoms with Gasteiger partial charge in [-0.1, -0.05) is 26.2 Å². The van der Waals surface area contributed by atoms with Gasteiger partial charge in [0, 0.05) is 13.1 Å². The molecule has 2 rings (SSSR count). The van der Waals surface area contributed by atoms with Crippen molar-refractivity contribution in [3.63, 3.8) is 0 Å². The van der Waals surface area contributed by atoms with Crippen LogP contribution >= 0.6 is 0 Å². The number of rotatable bonds is 9. The monoisotopic (exact) mass is 279 g/mol. The van der Waals surface area contributed by atoms with Gasteiger partial charge < -0.3 is 15.4 Å². The molecule has 0 aromatic carbocycles. The zero-order valence-corrected chi connectivity index (χ0v) is 12.5. The minimum absolute atomic E-state index is 0.382. The van der Waals surface area contributed by atoms with Gasteiger partial charge in [0.15, 0.2) is 0 Å². The molecule has 1 aromatic rings. The molecule has 0 atom stereocenters. The van der Waals surface area contributed by atoms with Crippen molar-refractivity contribution in [2.45, 2.75) is 46.0 Å². The molecule has 2 N–H and O–H groups in total. The van der Waals surface area contributed by atoms with E-state index in [4.69, 9.17) is 4.74 Å². The van der Waals surface area contributed by atoms with Crippen molar-refractivity contribution >= 4 is 11.9 Å². The molecule has 6 heteroatoms. The first-order valence-corrected chi connectivity index (χ1v) is 7.68. The maximum Gasteiger partial charge on any atom is 0.323 e. The second-order valence-corrected chi connectivity index (χ2v) is 5.14. The Morgan fingerprint density at radius 3 is 2.30 bits per heavy atom. The van der Waals surface area contributed by atoms with E-state index in [1.165, 1.54) is 25.7 Å². The molecule has 1 fully saturated rings. The molecule has 1 aliphatic rings. The summed E-state index contributed by atoms with van der Waals surface area (Å²) in [5.74, 6) is 2.06. The van der Waals surface area contributed by atoms with E-state index < -0.39 is 0 Å². The second kappa shape index (κ2) is 7.87. The van der Waals surface area contributed by atoms with Gasteiger partial charge in [0.05, 0.1) is 6.61 Å². The third-order valence-electron chi connectivity index (χ3n) is 3.48. The lowest BCUT2D eigenvalue weighted by atomic mass is 9.83. The van der Waals surface area contributed by atoms with Gasteiger partial charge in [0.2, 0.25) is 11.9 Å². The van der Waals surface area contributed by atoms with Crippen LogP contribution < -0.4 is 15.4 Å². The summed E-state index contributed by atoms with van der Waals surface area (Å²) in [4.78, 5) is 12.9. The Morgan fingerprint density at radius 1 is 1.05 bits per heavy atom. The fourth-order valence-corrected chi connectivity index (χ4v) is 2.11. The molecule has 0 amide bonds. The lowest BCUT2D eigenvalue weighted by molar-refractivity contribution is 0.302. The molecule has 1 aromatic heterocycles. The first kappa shape index (κ1) is 14.8. The van der Waals surface area contributed by atoms with E-state index in [0.717, 1.165) is 25.4 Å². The summed E-state index contributed by atoms with van der Waals surface area (Å²) in [6.07, 6.45) is 6.34. The maximum absolute atomic E-state index is 5.38. The average Bonchev–Trinajstić information content (AvgIpc) is 2.39. The Morgan fingerprint density at radius 2 is 1.75 bits per heavy atom. The second-order valence-electron chi connectivity index (χ2n) is 5.14. The molecule has 0 spiro atoms. The number of nitrogens with zero attached hydrogens (tertiary/aromatic N) is 3. The van der Waals surface area contributed by atoms with Crippen LogP contribution in [-0.4, -0.2) is 34.6 Å². The molecule has 0 aliphatic heterocycles. The summed E-state index contributed by atoms with van der Waals surface area (Å²) in [5.41, 5.74) is 0. The zero-order chi connectivity index (χ0) is 14.2. The summed E-state index contributed by atoms with van der Waals surface area (Å²) in [6.45, 7) is 6.34. The molecular formula is C14H25N5O. The van der Waals surface area contributed by atoms with Gasteiger partial charge in [-0.2, -0.15) is 15.0 Å². The van der Waals surface area contributed by atoms with E-state index in [-0.39, 0.29) is 0 Å². The van der Waals surface area contributed by atoms with Crippen LogP contribution in [0.2, 0.25) is 0 Å². The Labute approximate surface area is 120 Å². The molecule has 6 nitrogen and oxygen atoms in total. The first-order chi connectivity index (χ1) is 9.81. The lowest BCUT2D eigenvalue weighted by Gasteiger charge is -2.25. The molecule has 20 heavy (non-hydrogen) atoms. The number of hydrogen-bond acceptors (Lipinski definition) is 6. The number of ether oxygens (including phenoxy) is 1. The van der Waals surface area contributed by atoms with Crippen molar-refractivity contribution in [1.29, 1.82) is 0 Å². The predicted octanol–water partition coefficient (Wildman–Crippen LogP) is 2.69. The van der Waals surface area contributed by atoms with E-state index in [9.17, 15) is 0 Å². The quantitative estimate of drug-likeness (QED) is 0.724. The molecule has 1 aliphatic carbocycles. The number of aromatic nitrogens is 3. The minimum Gasteiger partial charge on any atom is -0.464 e. The standard InChI is InChI=1S/C14H25N5O/c1-3-9-15-12-17-13(19-14(18-12)20-4-2)16-10-8-11-6-5-7-11/h11H,3-10H2,1-2H3,(H2,15,16,17,18,19). The van der Waals surface area contributed by atoms with Crippen molar-refractivity contribution in [2.75, 3.05) is 30.3 Å². The van der Waals surface area contributed by atoms with E-state index in [1.807, 2.05) is 6.92 Å². The van der Waals surface area contributed by atoms with E-state index in [2.05, 4.69) is 32.5 Å². The highest BCUT2D eigenvalue weighted by Crippen LogP contribution is 2.29. The van der Waals surface area contributed by atoms with Gasteiger partial charge in [0.1, 0.15) is 0 Å². The Kier molecular flexibility index (Phi) is 5.83. The van der Waals surface area contributed by atoms with Gasteiger partial charge in [-0.15, -0.1) is 0 Å². The lowest BCUT2D eigenvalue weighted by Crippen LogP contribution is -2.17. The largest absolute Gasteiger partial charge is 0.464 e. The summed E-state index contributed by atoms with van der Waals surface area (Å²) < 4.78 is 5.38. The van der Waals surface area contributed by atoms with E-state index >= 15 is 0 Å². The van der Waals surface area contributed by atoms with Crippen molar-refractivity contribution < 1.29 is 4.74 Å². The van der Waals surface area contributed by atoms with E-state index in [1.54, 1.807) is 0 Å². The van der Waals surface area contributed by atoms with Crippen LogP contribution in [-0.2, 0) is 0 Å². The molecule has 0 bridgehead atoms. The Hall–Kier alpha value is -1.59. The van der Waals surface area contributed by atoms with Crippen LogP contribution in [0, 0.1) is 5.92 Å². The fraction of sp³-hybridized carbons (Fsp3) is 0.786. The highest BCUT2D eigenvalue weighted by Gasteiger charge is 2.16. The fourth-order valence-electron chi connectivity index (χ4n) is 2.11. The third kappa shape index (κ3) is 4.51. The molecule has 112 valence electrons. The number of anilines is 2. The van der Waals surface area contributed by atoms with Gasteiger partial charge in [-0.3, -0.25) is 0 Å². The smallest absolute Gasteiger partial charge is 0.323 e. The average molecular weight is 279 g/mol. The van der Waals surface area contributed by atoms with Crippen LogP contribution in [0.15, 0.2) is 0 Å². The van der Waals surface area contributed by atoms with Gasteiger partial charge in [-0.25, -0.2) is 0 Å². The summed E-state index contributed by atoms with van der Waals surface area (Å²) in [5, 5.41) is 6.45. The zero-order valence-electron chi connectivity index (χ0n) is 12.5. The Balaban J connectivity index is 1.91. The molecule has 0 unspecified atom stereocenters. The van der Waals surface area contributed by atoms with Crippen LogP contribution in [0.4, 0.5) is 11.9 Å². The normalized spacial score (nSPS) is 14.7. The van der Waals surface area contributed by atoms with Crippen molar-refractivity contribution in [3.05, 3.63) is 0 Å². The van der Waals surface area contributed by atoms with Gasteiger partial charge in [-0.05, 0) is 25.7 Å². The van der Waals surface area contributed by atoms with E-state index in [0.29, 0.717) is 24.5 Å². The van der Waals surface area contributed by atoms with Crippen molar-refractivity contribution in [3.8, 4) is 6.01 Å². The minimum atomic E-state index is 0.382. The highest BCUT2D eigenvalue weighted by molar-refractivity contribution is 5.35. The summed E-state index contributed by atoms with van der Waals surface area (Å²) >= 11 is 0. The number of nitrogens with one attached hydrogen (secondary N) is 2.